The minimum absolute atomic E-state index is 0.0427. The van der Waals surface area contributed by atoms with Crippen LogP contribution in [0.4, 0.5) is 0 Å². The molecule has 1 heterocycles. The standard InChI is InChI=1S/C19H19NO3S/c1-5-7-16(24-4)18-15(12-17(21)22-6-2)20-19(23-18)14-10-8-13(3)9-11-14/h1,7-11H,6,12H2,2-4H3/b16-7-. The number of nitrogens with zero attached hydrogens (tertiary/aromatic N) is 1. The van der Waals surface area contributed by atoms with Crippen LogP contribution in [0.1, 0.15) is 23.9 Å². The molecule has 2 aromatic rings. The number of allylic oxidation sites excluding steroid dienone is 1. The first-order chi connectivity index (χ1) is 11.6. The molecule has 1 aromatic carbocycles. The van der Waals surface area contributed by atoms with Crippen LogP contribution in [0, 0.1) is 19.3 Å². The minimum Gasteiger partial charge on any atom is -0.466 e. The first-order valence-electron chi connectivity index (χ1n) is 7.52. The molecule has 0 atom stereocenters. The van der Waals surface area contributed by atoms with Crippen molar-refractivity contribution in [3.05, 3.63) is 47.4 Å². The van der Waals surface area contributed by atoms with E-state index in [4.69, 9.17) is 15.6 Å². The zero-order valence-corrected chi connectivity index (χ0v) is 14.8. The van der Waals surface area contributed by atoms with Crippen molar-refractivity contribution in [1.82, 2.24) is 4.98 Å². The lowest BCUT2D eigenvalue weighted by Crippen LogP contribution is -2.09. The minimum atomic E-state index is -0.344. The number of terminal acetylenes is 1. The Balaban J connectivity index is 2.46. The number of hydrogen-bond donors (Lipinski definition) is 0. The lowest BCUT2D eigenvalue weighted by molar-refractivity contribution is -0.142. The van der Waals surface area contributed by atoms with Gasteiger partial charge in [-0.05, 0) is 32.2 Å². The van der Waals surface area contributed by atoms with Crippen molar-refractivity contribution in [3.8, 4) is 23.8 Å². The normalized spacial score (nSPS) is 11.2. The number of rotatable bonds is 6. The highest BCUT2D eigenvalue weighted by Gasteiger charge is 2.20. The van der Waals surface area contributed by atoms with Crippen LogP contribution in [0.15, 0.2) is 34.8 Å². The zero-order chi connectivity index (χ0) is 17.5. The van der Waals surface area contributed by atoms with E-state index in [1.165, 1.54) is 11.8 Å². The van der Waals surface area contributed by atoms with E-state index in [0.29, 0.717) is 24.0 Å². The van der Waals surface area contributed by atoms with Gasteiger partial charge in [-0.15, -0.1) is 18.2 Å². The third-order valence-corrected chi connectivity index (χ3v) is 4.01. The predicted molar refractivity (Wildman–Crippen MR) is 97.3 cm³/mol. The average Bonchev–Trinajstić information content (AvgIpc) is 2.97. The summed E-state index contributed by atoms with van der Waals surface area (Å²) >= 11 is 1.45. The molecular formula is C19H19NO3S. The number of aromatic nitrogens is 1. The number of oxazole rings is 1. The Labute approximate surface area is 146 Å². The van der Waals surface area contributed by atoms with Crippen LogP contribution >= 0.6 is 11.8 Å². The first-order valence-corrected chi connectivity index (χ1v) is 8.74. The highest BCUT2D eigenvalue weighted by atomic mass is 32.2. The Morgan fingerprint density at radius 2 is 2.12 bits per heavy atom. The second-order valence-corrected chi connectivity index (χ2v) is 5.87. The van der Waals surface area contributed by atoms with E-state index < -0.39 is 0 Å². The van der Waals surface area contributed by atoms with Gasteiger partial charge in [0, 0.05) is 11.6 Å². The molecule has 0 saturated heterocycles. The summed E-state index contributed by atoms with van der Waals surface area (Å²) in [5.74, 6) is 3.13. The Kier molecular flexibility index (Phi) is 6.28. The Morgan fingerprint density at radius 3 is 2.71 bits per heavy atom. The fraction of sp³-hybridized carbons (Fsp3) is 0.263. The predicted octanol–water partition coefficient (Wildman–Crippen LogP) is 4.09. The summed E-state index contributed by atoms with van der Waals surface area (Å²) in [5, 5.41) is 0. The number of aryl methyl sites for hydroxylation is 1. The van der Waals surface area contributed by atoms with E-state index in [-0.39, 0.29) is 12.4 Å². The Hall–Kier alpha value is -2.45. The number of hydrogen-bond acceptors (Lipinski definition) is 5. The van der Waals surface area contributed by atoms with E-state index in [2.05, 4.69) is 10.9 Å². The summed E-state index contributed by atoms with van der Waals surface area (Å²) in [5.41, 5.74) is 2.52. The Bertz CT molecular complexity index is 782. The van der Waals surface area contributed by atoms with Gasteiger partial charge in [0.05, 0.1) is 23.6 Å². The largest absolute Gasteiger partial charge is 0.466 e. The van der Waals surface area contributed by atoms with Gasteiger partial charge in [0.2, 0.25) is 5.89 Å². The van der Waals surface area contributed by atoms with Crippen molar-refractivity contribution in [3.63, 3.8) is 0 Å². The highest BCUT2D eigenvalue weighted by molar-refractivity contribution is 8.07. The van der Waals surface area contributed by atoms with Gasteiger partial charge in [-0.25, -0.2) is 4.98 Å². The molecular weight excluding hydrogens is 322 g/mol. The molecule has 0 aliphatic carbocycles. The molecule has 0 aliphatic heterocycles. The van der Waals surface area contributed by atoms with Gasteiger partial charge >= 0.3 is 5.97 Å². The molecule has 24 heavy (non-hydrogen) atoms. The summed E-state index contributed by atoms with van der Waals surface area (Å²) in [7, 11) is 0. The fourth-order valence-corrected chi connectivity index (χ4v) is 2.66. The molecule has 0 N–H and O–H groups in total. The molecule has 0 bridgehead atoms. The van der Waals surface area contributed by atoms with Gasteiger partial charge in [-0.1, -0.05) is 23.6 Å². The van der Waals surface area contributed by atoms with Crippen LogP contribution in [0.2, 0.25) is 0 Å². The maximum Gasteiger partial charge on any atom is 0.312 e. The van der Waals surface area contributed by atoms with Crippen LogP contribution in [0.3, 0.4) is 0 Å². The van der Waals surface area contributed by atoms with Crippen LogP contribution in [-0.2, 0) is 16.0 Å². The molecule has 0 amide bonds. The fourth-order valence-electron chi connectivity index (χ4n) is 2.13. The second kappa shape index (κ2) is 8.42. The monoisotopic (exact) mass is 341 g/mol. The third-order valence-electron chi connectivity index (χ3n) is 3.27. The molecule has 5 heteroatoms. The molecule has 1 aromatic heterocycles. The van der Waals surface area contributed by atoms with Crippen LogP contribution in [-0.4, -0.2) is 23.8 Å². The van der Waals surface area contributed by atoms with Crippen LogP contribution < -0.4 is 0 Å². The van der Waals surface area contributed by atoms with Crippen molar-refractivity contribution < 1.29 is 13.9 Å². The Morgan fingerprint density at radius 1 is 1.42 bits per heavy atom. The zero-order valence-electron chi connectivity index (χ0n) is 14.0. The average molecular weight is 341 g/mol. The smallest absolute Gasteiger partial charge is 0.312 e. The summed E-state index contributed by atoms with van der Waals surface area (Å²) in [4.78, 5) is 17.1. The lowest BCUT2D eigenvalue weighted by atomic mass is 10.1. The van der Waals surface area contributed by atoms with Crippen molar-refractivity contribution in [2.45, 2.75) is 20.3 Å². The quantitative estimate of drug-likeness (QED) is 0.585. The molecule has 0 fully saturated rings. The molecule has 0 saturated carbocycles. The molecule has 0 unspecified atom stereocenters. The van der Waals surface area contributed by atoms with E-state index in [0.717, 1.165) is 16.0 Å². The van der Waals surface area contributed by atoms with E-state index in [9.17, 15) is 4.79 Å². The first kappa shape index (κ1) is 17.9. The second-order valence-electron chi connectivity index (χ2n) is 5.02. The van der Waals surface area contributed by atoms with E-state index in [1.54, 1.807) is 13.0 Å². The highest BCUT2D eigenvalue weighted by Crippen LogP contribution is 2.32. The molecule has 0 spiro atoms. The summed E-state index contributed by atoms with van der Waals surface area (Å²) in [6.07, 6.45) is 8.93. The topological polar surface area (TPSA) is 52.3 Å². The van der Waals surface area contributed by atoms with Crippen LogP contribution in [0.5, 0.6) is 0 Å². The molecule has 0 radical (unpaired) electrons. The summed E-state index contributed by atoms with van der Waals surface area (Å²) in [6.45, 7) is 4.11. The third kappa shape index (κ3) is 4.30. The van der Waals surface area contributed by atoms with Gasteiger partial charge in [-0.2, -0.15) is 0 Å². The number of carbonyl (C=O) groups excluding carboxylic acids is 1. The number of esters is 1. The van der Waals surface area contributed by atoms with Crippen molar-refractivity contribution in [2.24, 2.45) is 0 Å². The maximum absolute atomic E-state index is 11.9. The van der Waals surface area contributed by atoms with Crippen molar-refractivity contribution in [1.29, 1.82) is 0 Å². The van der Waals surface area contributed by atoms with Gasteiger partial charge < -0.3 is 9.15 Å². The molecule has 4 nitrogen and oxygen atoms in total. The SMILES string of the molecule is C#C/C=C(\SC)c1oc(-c2ccc(C)cc2)nc1CC(=O)OCC. The van der Waals surface area contributed by atoms with Gasteiger partial charge in [0.1, 0.15) is 0 Å². The van der Waals surface area contributed by atoms with Crippen LogP contribution in [0.25, 0.3) is 16.4 Å². The van der Waals surface area contributed by atoms with E-state index >= 15 is 0 Å². The van der Waals surface area contributed by atoms with E-state index in [1.807, 2.05) is 37.4 Å². The molecule has 0 aliphatic rings. The number of ether oxygens (including phenoxy) is 1. The lowest BCUT2D eigenvalue weighted by Gasteiger charge is -2.02. The van der Waals surface area contributed by atoms with Gasteiger partial charge in [0.15, 0.2) is 5.76 Å². The van der Waals surface area contributed by atoms with Gasteiger partial charge in [0.25, 0.3) is 0 Å². The molecule has 2 rings (SSSR count). The number of carbonyl (C=O) groups is 1. The van der Waals surface area contributed by atoms with Gasteiger partial charge in [-0.3, -0.25) is 4.79 Å². The maximum atomic E-state index is 11.9. The van der Waals surface area contributed by atoms with Crippen molar-refractivity contribution in [2.75, 3.05) is 12.9 Å². The summed E-state index contributed by atoms with van der Waals surface area (Å²) < 4.78 is 10.9. The number of thioether (sulfide) groups is 1. The summed E-state index contributed by atoms with van der Waals surface area (Å²) in [6, 6.07) is 7.83. The van der Waals surface area contributed by atoms with Crippen molar-refractivity contribution >= 4 is 22.6 Å². The number of benzene rings is 1. The molecule has 124 valence electrons.